The lowest BCUT2D eigenvalue weighted by atomic mass is 9.94. The summed E-state index contributed by atoms with van der Waals surface area (Å²) in [4.78, 5) is 11.5. The zero-order valence-electron chi connectivity index (χ0n) is 12.3. The molecule has 0 saturated carbocycles. The Morgan fingerprint density at radius 3 is 2.23 bits per heavy atom. The summed E-state index contributed by atoms with van der Waals surface area (Å²) in [7, 11) is 0. The van der Waals surface area contributed by atoms with Crippen molar-refractivity contribution in [3.8, 4) is 0 Å². The highest BCUT2D eigenvalue weighted by atomic mass is 16.4. The molecule has 3 rings (SSSR count). The third-order valence-electron chi connectivity index (χ3n) is 3.74. The van der Waals surface area contributed by atoms with Crippen LogP contribution in [-0.4, -0.2) is 11.1 Å². The van der Waals surface area contributed by atoms with Crippen molar-refractivity contribution in [1.29, 1.82) is 0 Å². The maximum Gasteiger partial charge on any atom is 0.336 e. The van der Waals surface area contributed by atoms with E-state index in [0.717, 1.165) is 27.5 Å². The molecule has 3 aromatic rings. The topological polar surface area (TPSA) is 37.3 Å². The SMILES string of the molecule is Cc1cc(C=Cc2ccccc2)c2ccccc2c1C(=O)O. The Labute approximate surface area is 129 Å². The zero-order valence-corrected chi connectivity index (χ0v) is 12.3. The first kappa shape index (κ1) is 14.1. The summed E-state index contributed by atoms with van der Waals surface area (Å²) in [6, 6.07) is 19.6. The molecular formula is C20H16O2. The standard InChI is InChI=1S/C20H16O2/c1-14-13-16(12-11-15-7-3-2-4-8-15)17-9-5-6-10-18(17)19(14)20(21)22/h2-13H,1H3,(H,21,22). The van der Waals surface area contributed by atoms with E-state index < -0.39 is 5.97 Å². The summed E-state index contributed by atoms with van der Waals surface area (Å²) in [5.41, 5.74) is 3.31. The molecule has 0 aliphatic rings. The van der Waals surface area contributed by atoms with Crippen LogP contribution in [0.4, 0.5) is 0 Å². The minimum atomic E-state index is -0.882. The first-order valence-corrected chi connectivity index (χ1v) is 7.15. The molecule has 0 aliphatic heterocycles. The molecular weight excluding hydrogens is 272 g/mol. The van der Waals surface area contributed by atoms with Crippen molar-refractivity contribution in [3.63, 3.8) is 0 Å². The molecule has 0 heterocycles. The maximum absolute atomic E-state index is 11.5. The van der Waals surface area contributed by atoms with Crippen molar-refractivity contribution < 1.29 is 9.90 Å². The molecule has 0 atom stereocenters. The smallest absolute Gasteiger partial charge is 0.336 e. The van der Waals surface area contributed by atoms with Gasteiger partial charge in [0.15, 0.2) is 0 Å². The third-order valence-corrected chi connectivity index (χ3v) is 3.74. The fourth-order valence-electron chi connectivity index (χ4n) is 2.72. The molecule has 0 unspecified atom stereocenters. The average Bonchev–Trinajstić information content (AvgIpc) is 2.53. The monoisotopic (exact) mass is 288 g/mol. The van der Waals surface area contributed by atoms with Gasteiger partial charge in [-0.2, -0.15) is 0 Å². The highest BCUT2D eigenvalue weighted by Gasteiger charge is 2.13. The summed E-state index contributed by atoms with van der Waals surface area (Å²) in [6.07, 6.45) is 4.08. The van der Waals surface area contributed by atoms with Crippen LogP contribution in [0.2, 0.25) is 0 Å². The van der Waals surface area contributed by atoms with Gasteiger partial charge >= 0.3 is 5.97 Å². The van der Waals surface area contributed by atoms with Gasteiger partial charge in [-0.15, -0.1) is 0 Å². The Bertz CT molecular complexity index is 862. The predicted molar refractivity (Wildman–Crippen MR) is 91.0 cm³/mol. The number of carboxylic acids is 1. The van der Waals surface area contributed by atoms with Crippen LogP contribution in [0.25, 0.3) is 22.9 Å². The van der Waals surface area contributed by atoms with Gasteiger partial charge in [0, 0.05) is 0 Å². The van der Waals surface area contributed by atoms with E-state index in [1.165, 1.54) is 0 Å². The van der Waals surface area contributed by atoms with E-state index >= 15 is 0 Å². The van der Waals surface area contributed by atoms with Gasteiger partial charge in [0.25, 0.3) is 0 Å². The molecule has 0 amide bonds. The lowest BCUT2D eigenvalue weighted by Crippen LogP contribution is -2.01. The van der Waals surface area contributed by atoms with Crippen molar-refractivity contribution in [2.24, 2.45) is 0 Å². The van der Waals surface area contributed by atoms with E-state index in [1.54, 1.807) is 0 Å². The number of carbonyl (C=O) groups is 1. The van der Waals surface area contributed by atoms with Gasteiger partial charge in [0.2, 0.25) is 0 Å². The number of rotatable bonds is 3. The number of benzene rings is 3. The maximum atomic E-state index is 11.5. The number of aryl methyl sites for hydroxylation is 1. The van der Waals surface area contributed by atoms with Gasteiger partial charge in [-0.05, 0) is 34.4 Å². The summed E-state index contributed by atoms with van der Waals surface area (Å²) >= 11 is 0. The van der Waals surface area contributed by atoms with Gasteiger partial charge < -0.3 is 5.11 Å². The first-order chi connectivity index (χ1) is 10.7. The van der Waals surface area contributed by atoms with Crippen molar-refractivity contribution in [1.82, 2.24) is 0 Å². The minimum Gasteiger partial charge on any atom is -0.478 e. The molecule has 22 heavy (non-hydrogen) atoms. The lowest BCUT2D eigenvalue weighted by molar-refractivity contribution is 0.0698. The molecule has 3 aromatic carbocycles. The molecule has 0 radical (unpaired) electrons. The second-order valence-corrected chi connectivity index (χ2v) is 5.25. The molecule has 0 bridgehead atoms. The van der Waals surface area contributed by atoms with Gasteiger partial charge in [-0.25, -0.2) is 4.79 Å². The summed E-state index contributed by atoms with van der Waals surface area (Å²) < 4.78 is 0. The highest BCUT2D eigenvalue weighted by Crippen LogP contribution is 2.27. The van der Waals surface area contributed by atoms with E-state index in [1.807, 2.05) is 79.7 Å². The van der Waals surface area contributed by atoms with Crippen LogP contribution in [0.5, 0.6) is 0 Å². The predicted octanol–water partition coefficient (Wildman–Crippen LogP) is 5.02. The molecule has 0 fully saturated rings. The van der Waals surface area contributed by atoms with Crippen molar-refractivity contribution in [2.75, 3.05) is 0 Å². The van der Waals surface area contributed by atoms with Gasteiger partial charge in [-0.1, -0.05) is 72.8 Å². The van der Waals surface area contributed by atoms with E-state index in [2.05, 4.69) is 0 Å². The molecule has 2 nitrogen and oxygen atoms in total. The number of aromatic carboxylic acids is 1. The Morgan fingerprint density at radius 1 is 0.909 bits per heavy atom. The Kier molecular flexibility index (Phi) is 3.75. The summed E-state index contributed by atoms with van der Waals surface area (Å²) in [5.74, 6) is -0.882. The Balaban J connectivity index is 2.17. The van der Waals surface area contributed by atoms with Crippen LogP contribution in [-0.2, 0) is 0 Å². The average molecular weight is 288 g/mol. The molecule has 108 valence electrons. The quantitative estimate of drug-likeness (QED) is 0.687. The van der Waals surface area contributed by atoms with Gasteiger partial charge in [0.1, 0.15) is 0 Å². The molecule has 0 aliphatic carbocycles. The second kappa shape index (κ2) is 5.86. The van der Waals surface area contributed by atoms with Crippen LogP contribution in [0.3, 0.4) is 0 Å². The van der Waals surface area contributed by atoms with Gasteiger partial charge in [0.05, 0.1) is 5.56 Å². The van der Waals surface area contributed by atoms with Crippen LogP contribution in [0.1, 0.15) is 27.0 Å². The fourth-order valence-corrected chi connectivity index (χ4v) is 2.72. The van der Waals surface area contributed by atoms with Crippen molar-refractivity contribution in [2.45, 2.75) is 6.92 Å². The lowest BCUT2D eigenvalue weighted by Gasteiger charge is -2.09. The number of fused-ring (bicyclic) bond motifs is 1. The van der Waals surface area contributed by atoms with Crippen LogP contribution in [0, 0.1) is 6.92 Å². The van der Waals surface area contributed by atoms with E-state index in [0.29, 0.717) is 5.56 Å². The summed E-state index contributed by atoms with van der Waals surface area (Å²) in [6.45, 7) is 1.84. The normalized spacial score (nSPS) is 11.1. The zero-order chi connectivity index (χ0) is 15.5. The number of carboxylic acid groups (broad SMARTS) is 1. The second-order valence-electron chi connectivity index (χ2n) is 5.25. The van der Waals surface area contributed by atoms with E-state index in [-0.39, 0.29) is 0 Å². The molecule has 2 heteroatoms. The Hall–Kier alpha value is -2.87. The molecule has 0 spiro atoms. The number of hydrogen-bond acceptors (Lipinski definition) is 1. The van der Waals surface area contributed by atoms with Crippen LogP contribution >= 0.6 is 0 Å². The van der Waals surface area contributed by atoms with Gasteiger partial charge in [-0.3, -0.25) is 0 Å². The minimum absolute atomic E-state index is 0.382. The molecule has 0 aromatic heterocycles. The summed E-state index contributed by atoms with van der Waals surface area (Å²) in [5, 5.41) is 11.2. The van der Waals surface area contributed by atoms with Crippen molar-refractivity contribution in [3.05, 3.63) is 82.9 Å². The number of hydrogen-bond donors (Lipinski definition) is 1. The first-order valence-electron chi connectivity index (χ1n) is 7.15. The van der Waals surface area contributed by atoms with E-state index in [4.69, 9.17) is 0 Å². The fraction of sp³-hybridized carbons (Fsp3) is 0.0500. The van der Waals surface area contributed by atoms with Crippen LogP contribution in [0.15, 0.2) is 60.7 Å². The van der Waals surface area contributed by atoms with Crippen molar-refractivity contribution >= 4 is 28.9 Å². The molecule has 0 saturated heterocycles. The third kappa shape index (κ3) is 2.63. The van der Waals surface area contributed by atoms with Crippen LogP contribution < -0.4 is 0 Å². The largest absolute Gasteiger partial charge is 0.478 e. The van der Waals surface area contributed by atoms with E-state index in [9.17, 15) is 9.90 Å². The Morgan fingerprint density at radius 2 is 1.55 bits per heavy atom. The highest BCUT2D eigenvalue weighted by molar-refractivity contribution is 6.07. The molecule has 1 N–H and O–H groups in total.